The van der Waals surface area contributed by atoms with Crippen LogP contribution in [0, 0.1) is 0 Å². The van der Waals surface area contributed by atoms with Crippen molar-refractivity contribution in [3.8, 4) is 0 Å². The van der Waals surface area contributed by atoms with Gasteiger partial charge in [-0.15, -0.1) is 0 Å². The summed E-state index contributed by atoms with van der Waals surface area (Å²) in [5, 5.41) is 13.3. The Kier molecular flexibility index (Phi) is 5.35. The average Bonchev–Trinajstić information content (AvgIpc) is 2.72. The monoisotopic (exact) mass is 401 g/mol. The van der Waals surface area contributed by atoms with Crippen molar-refractivity contribution in [2.45, 2.75) is 44.9 Å². The Balaban J connectivity index is 1.76. The van der Waals surface area contributed by atoms with Crippen molar-refractivity contribution < 1.29 is 14.6 Å². The SMILES string of the molecule is CC(C)(C)OC(=O)N1C(c2ccccc2)=C[C@H](c2ccc3ccccc3c2)CC1O. The Hall–Kier alpha value is -3.11. The molecule has 30 heavy (non-hydrogen) atoms. The first-order valence-electron chi connectivity index (χ1n) is 10.3. The minimum atomic E-state index is -0.975. The second-order valence-electron chi connectivity index (χ2n) is 8.70. The lowest BCUT2D eigenvalue weighted by molar-refractivity contribution is -0.0134. The summed E-state index contributed by atoms with van der Waals surface area (Å²) in [4.78, 5) is 14.3. The number of benzene rings is 3. The third kappa shape index (κ3) is 4.24. The normalized spacial score (nSPS) is 19.5. The molecule has 4 nitrogen and oxygen atoms in total. The molecule has 154 valence electrons. The predicted molar refractivity (Wildman–Crippen MR) is 120 cm³/mol. The van der Waals surface area contributed by atoms with Crippen LogP contribution in [0.15, 0.2) is 78.9 Å². The third-order valence-electron chi connectivity index (χ3n) is 5.24. The number of hydrogen-bond acceptors (Lipinski definition) is 3. The van der Waals surface area contributed by atoms with Crippen LogP contribution < -0.4 is 0 Å². The zero-order chi connectivity index (χ0) is 21.3. The molecule has 0 saturated heterocycles. The second-order valence-corrected chi connectivity index (χ2v) is 8.70. The summed E-state index contributed by atoms with van der Waals surface area (Å²) in [6.45, 7) is 5.47. The minimum absolute atomic E-state index is 0.0153. The van der Waals surface area contributed by atoms with Crippen LogP contribution in [-0.4, -0.2) is 27.9 Å². The number of hydrogen-bond donors (Lipinski definition) is 1. The number of allylic oxidation sites excluding steroid dienone is 1. The van der Waals surface area contributed by atoms with E-state index in [1.165, 1.54) is 10.3 Å². The van der Waals surface area contributed by atoms with Gasteiger partial charge >= 0.3 is 6.09 Å². The van der Waals surface area contributed by atoms with Gasteiger partial charge in [-0.1, -0.05) is 78.9 Å². The molecule has 0 radical (unpaired) electrons. The van der Waals surface area contributed by atoms with Crippen molar-refractivity contribution in [1.82, 2.24) is 4.90 Å². The summed E-state index contributed by atoms with van der Waals surface area (Å²) < 4.78 is 5.58. The average molecular weight is 402 g/mol. The lowest BCUT2D eigenvalue weighted by Gasteiger charge is -2.37. The molecule has 0 aliphatic carbocycles. The van der Waals surface area contributed by atoms with Crippen LogP contribution >= 0.6 is 0 Å². The molecule has 0 bridgehead atoms. The van der Waals surface area contributed by atoms with E-state index in [1.54, 1.807) is 0 Å². The van der Waals surface area contributed by atoms with Crippen molar-refractivity contribution in [2.75, 3.05) is 0 Å². The van der Waals surface area contributed by atoms with Gasteiger partial charge in [0.05, 0.1) is 5.70 Å². The topological polar surface area (TPSA) is 49.8 Å². The molecule has 1 amide bonds. The Bertz CT molecular complexity index is 1080. The van der Waals surface area contributed by atoms with Crippen LogP contribution in [0.25, 0.3) is 16.5 Å². The Morgan fingerprint density at radius 3 is 2.33 bits per heavy atom. The number of fused-ring (bicyclic) bond motifs is 1. The maximum Gasteiger partial charge on any atom is 0.416 e. The molecular weight excluding hydrogens is 374 g/mol. The lowest BCUT2D eigenvalue weighted by atomic mass is 9.88. The molecule has 1 aliphatic heterocycles. The molecule has 3 aromatic carbocycles. The molecule has 1 heterocycles. The van der Waals surface area contributed by atoms with E-state index in [0.717, 1.165) is 16.5 Å². The summed E-state index contributed by atoms with van der Waals surface area (Å²) in [5.74, 6) is -0.0153. The number of carbonyl (C=O) groups excluding carboxylic acids is 1. The van der Waals surface area contributed by atoms with Gasteiger partial charge in [0.25, 0.3) is 0 Å². The standard InChI is InChI=1S/C26H27NO3/c1-26(2,3)30-25(29)27-23(19-10-5-4-6-11-19)16-22(17-24(27)28)21-14-13-18-9-7-8-12-20(18)15-21/h4-16,22,24,28H,17H2,1-3H3/t22-,24?/m0/s1. The van der Waals surface area contributed by atoms with E-state index >= 15 is 0 Å². The fourth-order valence-electron chi connectivity index (χ4n) is 3.88. The van der Waals surface area contributed by atoms with Gasteiger partial charge in [-0.3, -0.25) is 4.90 Å². The quantitative estimate of drug-likeness (QED) is 0.579. The summed E-state index contributed by atoms with van der Waals surface area (Å²) in [7, 11) is 0. The number of nitrogens with zero attached hydrogens (tertiary/aromatic N) is 1. The highest BCUT2D eigenvalue weighted by Gasteiger charge is 2.36. The van der Waals surface area contributed by atoms with Crippen molar-refractivity contribution in [3.05, 3.63) is 90.0 Å². The van der Waals surface area contributed by atoms with Gasteiger partial charge in [0.1, 0.15) is 11.8 Å². The van der Waals surface area contributed by atoms with Crippen LogP contribution in [0.5, 0.6) is 0 Å². The number of amides is 1. The smallest absolute Gasteiger partial charge is 0.416 e. The van der Waals surface area contributed by atoms with Crippen LogP contribution in [0.1, 0.15) is 44.2 Å². The molecule has 0 aromatic heterocycles. The molecule has 0 spiro atoms. The van der Waals surface area contributed by atoms with Gasteiger partial charge in [-0.05, 0) is 42.7 Å². The minimum Gasteiger partial charge on any atom is -0.443 e. The molecule has 0 saturated carbocycles. The highest BCUT2D eigenvalue weighted by molar-refractivity contribution is 5.85. The first kappa shape index (κ1) is 20.2. The van der Waals surface area contributed by atoms with E-state index in [2.05, 4.69) is 36.4 Å². The number of aliphatic hydroxyl groups is 1. The van der Waals surface area contributed by atoms with E-state index in [9.17, 15) is 9.90 Å². The molecule has 2 atom stereocenters. The summed E-state index contributed by atoms with van der Waals surface area (Å²) in [6, 6.07) is 24.3. The lowest BCUT2D eigenvalue weighted by Crippen LogP contribution is -2.44. The second kappa shape index (κ2) is 7.96. The number of carbonyl (C=O) groups is 1. The first-order valence-corrected chi connectivity index (χ1v) is 10.3. The van der Waals surface area contributed by atoms with Crippen molar-refractivity contribution >= 4 is 22.6 Å². The molecule has 3 aromatic rings. The molecule has 0 fully saturated rings. The summed E-state index contributed by atoms with van der Waals surface area (Å²) in [5.41, 5.74) is 2.01. The fourth-order valence-corrected chi connectivity index (χ4v) is 3.88. The number of rotatable bonds is 2. The predicted octanol–water partition coefficient (Wildman–Crippen LogP) is 5.92. The van der Waals surface area contributed by atoms with E-state index in [4.69, 9.17) is 4.74 Å². The molecule has 1 aliphatic rings. The maximum atomic E-state index is 12.9. The van der Waals surface area contributed by atoms with Gasteiger partial charge in [0.15, 0.2) is 0 Å². The first-order chi connectivity index (χ1) is 14.3. The van der Waals surface area contributed by atoms with Crippen LogP contribution in [0.3, 0.4) is 0 Å². The van der Waals surface area contributed by atoms with Crippen LogP contribution in [0.2, 0.25) is 0 Å². The fraction of sp³-hybridized carbons (Fsp3) is 0.269. The zero-order valence-corrected chi connectivity index (χ0v) is 17.6. The van der Waals surface area contributed by atoms with E-state index in [-0.39, 0.29) is 5.92 Å². The van der Waals surface area contributed by atoms with Gasteiger partial charge in [-0.25, -0.2) is 4.79 Å². The Morgan fingerprint density at radius 1 is 0.967 bits per heavy atom. The Morgan fingerprint density at radius 2 is 1.63 bits per heavy atom. The number of aliphatic hydroxyl groups excluding tert-OH is 1. The van der Waals surface area contributed by atoms with Gasteiger partial charge < -0.3 is 9.84 Å². The largest absolute Gasteiger partial charge is 0.443 e. The number of ether oxygens (including phenoxy) is 1. The van der Waals surface area contributed by atoms with Crippen LogP contribution in [-0.2, 0) is 4.74 Å². The van der Waals surface area contributed by atoms with Crippen LogP contribution in [0.4, 0.5) is 4.79 Å². The van der Waals surface area contributed by atoms with Crippen molar-refractivity contribution in [3.63, 3.8) is 0 Å². The van der Waals surface area contributed by atoms with E-state index in [1.807, 2.05) is 63.2 Å². The summed E-state index contributed by atoms with van der Waals surface area (Å²) in [6.07, 6.45) is 0.961. The van der Waals surface area contributed by atoms with Crippen molar-refractivity contribution in [2.24, 2.45) is 0 Å². The maximum absolute atomic E-state index is 12.9. The van der Waals surface area contributed by atoms with Crippen molar-refractivity contribution in [1.29, 1.82) is 0 Å². The van der Waals surface area contributed by atoms with Gasteiger partial charge in [-0.2, -0.15) is 0 Å². The summed E-state index contributed by atoms with van der Waals surface area (Å²) >= 11 is 0. The molecule has 1 unspecified atom stereocenters. The Labute approximate surface area is 177 Å². The highest BCUT2D eigenvalue weighted by atomic mass is 16.6. The molecule has 4 heteroatoms. The third-order valence-corrected chi connectivity index (χ3v) is 5.24. The van der Waals surface area contributed by atoms with Gasteiger partial charge in [0.2, 0.25) is 0 Å². The molecule has 1 N–H and O–H groups in total. The van der Waals surface area contributed by atoms with Gasteiger partial charge in [0, 0.05) is 12.3 Å². The molecule has 4 rings (SSSR count). The molecular formula is C26H27NO3. The highest BCUT2D eigenvalue weighted by Crippen LogP contribution is 2.37. The van der Waals surface area contributed by atoms with E-state index < -0.39 is 17.9 Å². The van der Waals surface area contributed by atoms with E-state index in [0.29, 0.717) is 12.1 Å². The zero-order valence-electron chi connectivity index (χ0n) is 17.6.